The number of hydrogen-bond donors (Lipinski definition) is 2. The largest absolute Gasteiger partial charge is 0.465 e. The average molecular weight is 690 g/mol. The third kappa shape index (κ3) is 8.51. The molecule has 48 heavy (non-hydrogen) atoms. The number of fused-ring (bicyclic) bond motifs is 1. The minimum Gasteiger partial charge on any atom is -0.465 e. The van der Waals surface area contributed by atoms with Crippen LogP contribution in [0.5, 0.6) is 5.75 Å². The number of esters is 3. The van der Waals surface area contributed by atoms with Crippen LogP contribution in [0.3, 0.4) is 0 Å². The number of para-hydroxylation sites is 1. The van der Waals surface area contributed by atoms with Crippen molar-refractivity contribution in [2.24, 2.45) is 11.8 Å². The summed E-state index contributed by atoms with van der Waals surface area (Å²) in [6.45, 7) is 11.2. The molecule has 6 atom stereocenters. The van der Waals surface area contributed by atoms with E-state index < -0.39 is 74.1 Å². The molecular weight excluding hydrogens is 645 g/mol. The normalized spacial score (nSPS) is 22.7. The van der Waals surface area contributed by atoms with E-state index in [2.05, 4.69) is 15.2 Å². The highest BCUT2D eigenvalue weighted by molar-refractivity contribution is 7.52. The molecule has 0 amide bonds. The summed E-state index contributed by atoms with van der Waals surface area (Å²) in [7, 11) is -4.37. The van der Waals surface area contributed by atoms with Gasteiger partial charge in [0.15, 0.2) is 18.0 Å². The van der Waals surface area contributed by atoms with Crippen LogP contribution in [-0.2, 0) is 42.4 Å². The maximum absolute atomic E-state index is 14.3. The van der Waals surface area contributed by atoms with E-state index in [4.69, 9.17) is 33.7 Å². The second-order valence-electron chi connectivity index (χ2n) is 12.3. The molecule has 15 nitrogen and oxygen atoms in total. The van der Waals surface area contributed by atoms with Gasteiger partial charge in [-0.15, -0.1) is 0 Å². The van der Waals surface area contributed by atoms with Crippen LogP contribution in [0, 0.1) is 11.8 Å². The first-order chi connectivity index (χ1) is 22.7. The highest BCUT2D eigenvalue weighted by Crippen LogP contribution is 2.50. The first-order valence-corrected chi connectivity index (χ1v) is 17.3. The fraction of sp³-hybridized carbons (Fsp3) is 0.531. The van der Waals surface area contributed by atoms with E-state index in [0.717, 1.165) is 0 Å². The zero-order chi connectivity index (χ0) is 35.2. The highest BCUT2D eigenvalue weighted by Gasteiger charge is 2.59. The first kappa shape index (κ1) is 36.8. The fourth-order valence-electron chi connectivity index (χ4n) is 4.85. The molecule has 1 fully saturated rings. The SMILES string of the molecule is CCCOC(=O)[C@H](C)NP(=O)(OC[C@@]1(C)O[C@@H](c2ccc3c(N)ncnn23)[C@H](OC(=O)C(C)C)[C@@H]1OC(=O)C(C)C)Oc1ccccc1. The lowest BCUT2D eigenvalue weighted by atomic mass is 9.95. The highest BCUT2D eigenvalue weighted by atomic mass is 31.2. The third-order valence-electron chi connectivity index (χ3n) is 7.48. The number of nitrogens with zero attached hydrogens (tertiary/aromatic N) is 3. The van der Waals surface area contributed by atoms with Gasteiger partial charge in [-0.1, -0.05) is 52.8 Å². The lowest BCUT2D eigenvalue weighted by Gasteiger charge is -2.33. The number of nitrogens with one attached hydrogen (secondary N) is 1. The van der Waals surface area contributed by atoms with E-state index in [1.165, 1.54) is 17.8 Å². The molecule has 1 aliphatic rings. The molecule has 0 bridgehead atoms. The van der Waals surface area contributed by atoms with E-state index in [1.807, 2.05) is 6.92 Å². The zero-order valence-corrected chi connectivity index (χ0v) is 29.0. The van der Waals surface area contributed by atoms with Gasteiger partial charge in [-0.05, 0) is 44.5 Å². The Kier molecular flexibility index (Phi) is 11.8. The molecule has 0 radical (unpaired) electrons. The van der Waals surface area contributed by atoms with Crippen molar-refractivity contribution in [2.45, 2.75) is 84.8 Å². The predicted molar refractivity (Wildman–Crippen MR) is 174 cm³/mol. The van der Waals surface area contributed by atoms with Crippen LogP contribution in [0.15, 0.2) is 48.8 Å². The van der Waals surface area contributed by atoms with Crippen LogP contribution < -0.4 is 15.3 Å². The Balaban J connectivity index is 1.75. The van der Waals surface area contributed by atoms with Crippen LogP contribution in [-0.4, -0.2) is 69.6 Å². The molecule has 0 aliphatic carbocycles. The topological polar surface area (TPSA) is 192 Å². The Bertz CT molecular complexity index is 1630. The van der Waals surface area contributed by atoms with Crippen LogP contribution in [0.25, 0.3) is 5.52 Å². The van der Waals surface area contributed by atoms with Crippen molar-refractivity contribution in [3.63, 3.8) is 0 Å². The molecule has 16 heteroatoms. The van der Waals surface area contributed by atoms with Gasteiger partial charge in [0.05, 0.1) is 30.7 Å². The number of rotatable bonds is 15. The van der Waals surface area contributed by atoms with E-state index in [-0.39, 0.29) is 18.2 Å². The quantitative estimate of drug-likeness (QED) is 0.129. The number of anilines is 1. The Morgan fingerprint density at radius 2 is 1.69 bits per heavy atom. The zero-order valence-electron chi connectivity index (χ0n) is 28.2. The number of nitrogen functional groups attached to an aromatic ring is 1. The van der Waals surface area contributed by atoms with Crippen molar-refractivity contribution >= 4 is 37.0 Å². The molecule has 1 saturated heterocycles. The summed E-state index contributed by atoms with van der Waals surface area (Å²) in [6.07, 6.45) is -1.66. The molecule has 0 saturated carbocycles. The van der Waals surface area contributed by atoms with Gasteiger partial charge in [-0.2, -0.15) is 10.2 Å². The summed E-state index contributed by atoms with van der Waals surface area (Å²) >= 11 is 0. The number of nitrogens with two attached hydrogens (primary N) is 1. The second kappa shape index (κ2) is 15.5. The van der Waals surface area contributed by atoms with E-state index in [9.17, 15) is 18.9 Å². The summed E-state index contributed by atoms with van der Waals surface area (Å²) in [6, 6.07) is 10.5. The van der Waals surface area contributed by atoms with Gasteiger partial charge in [0.2, 0.25) is 0 Å². The van der Waals surface area contributed by atoms with Crippen molar-refractivity contribution in [1.29, 1.82) is 0 Å². The molecule has 3 aromatic rings. The van der Waals surface area contributed by atoms with E-state index in [0.29, 0.717) is 17.6 Å². The predicted octanol–water partition coefficient (Wildman–Crippen LogP) is 4.41. The number of carbonyl (C=O) groups excluding carboxylic acids is 3. The van der Waals surface area contributed by atoms with Gasteiger partial charge in [0, 0.05) is 0 Å². The Morgan fingerprint density at radius 3 is 2.33 bits per heavy atom. The van der Waals surface area contributed by atoms with Gasteiger partial charge < -0.3 is 29.2 Å². The summed E-state index contributed by atoms with van der Waals surface area (Å²) in [4.78, 5) is 42.8. The molecule has 1 aliphatic heterocycles. The van der Waals surface area contributed by atoms with Crippen molar-refractivity contribution < 1.29 is 46.9 Å². The van der Waals surface area contributed by atoms with E-state index >= 15 is 0 Å². The van der Waals surface area contributed by atoms with Crippen molar-refractivity contribution in [2.75, 3.05) is 18.9 Å². The molecule has 2 aromatic heterocycles. The van der Waals surface area contributed by atoms with Crippen LogP contribution >= 0.6 is 7.75 Å². The molecule has 3 heterocycles. The van der Waals surface area contributed by atoms with Crippen LogP contribution in [0.2, 0.25) is 0 Å². The number of carbonyl (C=O) groups is 3. The average Bonchev–Trinajstić information content (AvgIpc) is 3.59. The third-order valence-corrected chi connectivity index (χ3v) is 9.10. The van der Waals surface area contributed by atoms with Crippen LogP contribution in [0.4, 0.5) is 5.82 Å². The second-order valence-corrected chi connectivity index (χ2v) is 14.0. The van der Waals surface area contributed by atoms with Crippen molar-refractivity contribution in [3.05, 3.63) is 54.5 Å². The molecule has 4 rings (SSSR count). The monoisotopic (exact) mass is 689 g/mol. The van der Waals surface area contributed by atoms with Crippen molar-refractivity contribution in [1.82, 2.24) is 19.7 Å². The smallest absolute Gasteiger partial charge is 0.459 e. The molecule has 0 spiro atoms. The molecule has 262 valence electrons. The van der Waals surface area contributed by atoms with Crippen LogP contribution in [0.1, 0.15) is 66.7 Å². The fourth-order valence-corrected chi connectivity index (χ4v) is 6.44. The Hall–Kier alpha value is -4.04. The van der Waals surface area contributed by atoms with Gasteiger partial charge in [0.1, 0.15) is 35.3 Å². The number of ether oxygens (including phenoxy) is 4. The maximum Gasteiger partial charge on any atom is 0.459 e. The standard InChI is InChI=1S/C32H44N5O10P/c1-8-16-42-31(40)21(6)36-48(41,47-22-12-10-9-11-13-22)43-17-32(7)27(45-30(39)20(4)5)26(44-29(38)19(2)3)25(46-32)23-14-15-24-28(33)34-18-35-37(23)24/h9-15,18-21,25-27H,8,16-17H2,1-7H3,(H,36,41)(H2,33,34,35)/t21-,25-,26-,27-,32+,48?/m0/s1. The lowest BCUT2D eigenvalue weighted by molar-refractivity contribution is -0.175. The molecule has 1 aromatic carbocycles. The minimum atomic E-state index is -4.37. The Labute approximate surface area is 279 Å². The number of aromatic nitrogens is 3. The maximum atomic E-state index is 14.3. The van der Waals surface area contributed by atoms with Gasteiger partial charge in [-0.25, -0.2) is 14.1 Å². The summed E-state index contributed by atoms with van der Waals surface area (Å²) in [5, 5.41) is 6.95. The van der Waals surface area contributed by atoms with Gasteiger partial charge >= 0.3 is 25.7 Å². The molecule has 1 unspecified atom stereocenters. The summed E-state index contributed by atoms with van der Waals surface area (Å²) in [5.74, 6) is -2.51. The lowest BCUT2D eigenvalue weighted by Crippen LogP contribution is -2.49. The van der Waals surface area contributed by atoms with Crippen molar-refractivity contribution in [3.8, 4) is 5.75 Å². The molecule has 3 N–H and O–H groups in total. The minimum absolute atomic E-state index is 0.174. The van der Waals surface area contributed by atoms with Gasteiger partial charge in [-0.3, -0.25) is 18.9 Å². The summed E-state index contributed by atoms with van der Waals surface area (Å²) < 4.78 is 51.4. The summed E-state index contributed by atoms with van der Waals surface area (Å²) in [5.41, 5.74) is 5.38. The van der Waals surface area contributed by atoms with Gasteiger partial charge in [0.25, 0.3) is 0 Å². The number of benzene rings is 1. The number of hydrogen-bond acceptors (Lipinski definition) is 13. The Morgan fingerprint density at radius 1 is 1.02 bits per heavy atom. The molecular formula is C32H44N5O10P. The van der Waals surface area contributed by atoms with E-state index in [1.54, 1.807) is 77.1 Å². The first-order valence-electron chi connectivity index (χ1n) is 15.8.